The molecule has 9 heteroatoms. The molecule has 43 heavy (non-hydrogen) atoms. The number of nitrogens with one attached hydrogen (secondary N) is 1. The van der Waals surface area contributed by atoms with Crippen LogP contribution in [0.4, 0.5) is 10.5 Å². The van der Waals surface area contributed by atoms with Gasteiger partial charge in [0.1, 0.15) is 12.4 Å². The zero-order valence-electron chi connectivity index (χ0n) is 25.9. The van der Waals surface area contributed by atoms with Crippen molar-refractivity contribution in [3.05, 3.63) is 72.3 Å². The molecule has 1 heterocycles. The first-order valence-corrected chi connectivity index (χ1v) is 15.6. The molecule has 0 atom stereocenters. The van der Waals surface area contributed by atoms with Gasteiger partial charge in [-0.05, 0) is 76.5 Å². The number of nitrogens with two attached hydrogens (primary N) is 1. The third kappa shape index (κ3) is 20.1. The number of cyclic esters (lactones) is 1. The molecule has 9 nitrogen and oxygen atoms in total. The second-order valence-electron chi connectivity index (χ2n) is 10.2. The number of ether oxygens (including phenoxy) is 2. The maximum Gasteiger partial charge on any atom is 0.410 e. The first-order valence-electron chi connectivity index (χ1n) is 15.6. The zero-order chi connectivity index (χ0) is 31.4. The van der Waals surface area contributed by atoms with Gasteiger partial charge in [-0.2, -0.15) is 0 Å². The smallest absolute Gasteiger partial charge is 0.410 e. The molecule has 0 saturated heterocycles. The zero-order valence-corrected chi connectivity index (χ0v) is 25.9. The maximum absolute atomic E-state index is 12.5. The van der Waals surface area contributed by atoms with E-state index in [2.05, 4.69) is 17.5 Å². The second-order valence-corrected chi connectivity index (χ2v) is 10.2. The Labute approximate surface area is 258 Å². The van der Waals surface area contributed by atoms with Crippen LogP contribution in [0.25, 0.3) is 0 Å². The normalized spacial score (nSPS) is 16.6. The molecule has 240 valence electrons. The van der Waals surface area contributed by atoms with Crippen LogP contribution in [-0.2, 0) is 16.1 Å². The molecule has 0 bridgehead atoms. The lowest BCUT2D eigenvalue weighted by Gasteiger charge is -2.22. The average Bonchev–Trinajstić information content (AvgIpc) is 3.50. The largest absolute Gasteiger partial charge is 0.493 e. The topological polar surface area (TPSA) is 134 Å². The number of fused-ring (bicyclic) bond motifs is 1. The van der Waals surface area contributed by atoms with Gasteiger partial charge in [0.15, 0.2) is 0 Å². The first-order chi connectivity index (χ1) is 21.0. The molecule has 0 radical (unpaired) electrons. The summed E-state index contributed by atoms with van der Waals surface area (Å²) in [7, 11) is 0. The van der Waals surface area contributed by atoms with Crippen LogP contribution in [0.2, 0.25) is 0 Å². The number of anilines is 1. The van der Waals surface area contributed by atoms with E-state index in [-0.39, 0.29) is 25.4 Å². The number of benzene rings is 2. The van der Waals surface area contributed by atoms with Gasteiger partial charge in [0, 0.05) is 37.5 Å². The number of aliphatic hydroxyl groups excluding tert-OH is 2. The van der Waals surface area contributed by atoms with Gasteiger partial charge in [0.2, 0.25) is 6.41 Å². The lowest BCUT2D eigenvalue weighted by molar-refractivity contribution is -0.109. The van der Waals surface area contributed by atoms with Crippen molar-refractivity contribution in [3.63, 3.8) is 0 Å². The molecule has 1 aliphatic carbocycles. The number of hydrogen-bond acceptors (Lipinski definition) is 7. The van der Waals surface area contributed by atoms with Crippen LogP contribution in [-0.4, -0.2) is 66.6 Å². The molecular weight excluding hydrogens is 546 g/mol. The molecule has 0 unspecified atom stereocenters. The molecule has 5 N–H and O–H groups in total. The number of carbonyl (C=O) groups excluding carboxylic acids is 2. The maximum atomic E-state index is 12.5. The summed E-state index contributed by atoms with van der Waals surface area (Å²) < 4.78 is 11.4. The van der Waals surface area contributed by atoms with E-state index in [9.17, 15) is 9.59 Å². The highest BCUT2D eigenvalue weighted by Gasteiger charge is 2.15. The van der Waals surface area contributed by atoms with Gasteiger partial charge in [0.25, 0.3) is 0 Å². The van der Waals surface area contributed by atoms with E-state index < -0.39 is 0 Å². The number of nitrogens with zero attached hydrogens (tertiary/aromatic N) is 1. The number of rotatable bonds is 5. The Morgan fingerprint density at radius 1 is 0.953 bits per heavy atom. The minimum atomic E-state index is -0.327. The minimum Gasteiger partial charge on any atom is -0.493 e. The fourth-order valence-corrected chi connectivity index (χ4v) is 4.26. The molecule has 1 aliphatic heterocycles. The fourth-order valence-electron chi connectivity index (χ4n) is 4.26. The van der Waals surface area contributed by atoms with E-state index in [1.165, 1.54) is 12.8 Å². The van der Waals surface area contributed by atoms with E-state index in [4.69, 9.17) is 25.4 Å². The predicted molar refractivity (Wildman–Crippen MR) is 173 cm³/mol. The Bertz CT molecular complexity index is 983. The van der Waals surface area contributed by atoms with Gasteiger partial charge in [-0.1, -0.05) is 61.4 Å². The predicted octanol–water partition coefficient (Wildman–Crippen LogP) is 5.85. The van der Waals surface area contributed by atoms with E-state index in [1.807, 2.05) is 54.6 Å². The lowest BCUT2D eigenvalue weighted by atomic mass is 10.2. The van der Waals surface area contributed by atoms with E-state index in [0.717, 1.165) is 61.9 Å². The van der Waals surface area contributed by atoms with Crippen molar-refractivity contribution in [1.82, 2.24) is 10.2 Å². The summed E-state index contributed by atoms with van der Waals surface area (Å²) in [6, 6.07) is 17.2. The van der Waals surface area contributed by atoms with E-state index >= 15 is 0 Å². The molecule has 4 rings (SSSR count). The Kier molecular flexibility index (Phi) is 22.7. The van der Waals surface area contributed by atoms with Crippen molar-refractivity contribution in [2.24, 2.45) is 0 Å². The lowest BCUT2D eigenvalue weighted by Crippen LogP contribution is -2.34. The Morgan fingerprint density at radius 2 is 1.60 bits per heavy atom. The van der Waals surface area contributed by atoms with Gasteiger partial charge in [-0.15, -0.1) is 0 Å². The first kappa shape index (κ1) is 37.5. The van der Waals surface area contributed by atoms with Crippen LogP contribution in [0, 0.1) is 0 Å². The van der Waals surface area contributed by atoms with Gasteiger partial charge in [0.05, 0.1) is 12.7 Å². The summed E-state index contributed by atoms with van der Waals surface area (Å²) in [5, 5.41) is 18.9. The number of carbonyl (C=O) groups is 2. The third-order valence-electron chi connectivity index (χ3n) is 6.53. The van der Waals surface area contributed by atoms with Gasteiger partial charge in [-0.25, -0.2) is 4.79 Å². The van der Waals surface area contributed by atoms with Gasteiger partial charge < -0.3 is 35.6 Å². The monoisotopic (exact) mass is 599 g/mol. The van der Waals surface area contributed by atoms with Crippen LogP contribution in [0.5, 0.6) is 5.75 Å². The molecule has 0 aromatic heterocycles. The number of hydrogen-bond donors (Lipinski definition) is 4. The standard InChI is InChI=1S/C21H30N2O4.C6H7N.C5H10O.C2H6O/c24-18-22-13-10-15-23-14-8-4-2-1-3-5-9-16-26-20-12-7-6-11-19(20)17-27-21(23)25;7-6-4-2-1-3-5-6;6-5-3-1-2-4-5;1-2-3/h1-2,6-7,11-12,18H,3-5,8-10,13-17H2,(H,22,24);1-5H,7H2;5-6H,1-4H2;3H,2H2,1H3/b2-1-;;;. The summed E-state index contributed by atoms with van der Waals surface area (Å²) in [6.07, 6.45) is 15.0. The molecule has 2 aliphatic rings. The minimum absolute atomic E-state index is 0.0463. The number of amides is 2. The molecule has 1 fully saturated rings. The summed E-state index contributed by atoms with van der Waals surface area (Å²) in [5.41, 5.74) is 7.05. The summed E-state index contributed by atoms with van der Waals surface area (Å²) in [5.74, 6) is 0.773. The van der Waals surface area contributed by atoms with Crippen molar-refractivity contribution >= 4 is 18.2 Å². The Balaban J connectivity index is 0.000000464. The van der Waals surface area contributed by atoms with Gasteiger partial charge >= 0.3 is 6.09 Å². The summed E-state index contributed by atoms with van der Waals surface area (Å²) >= 11 is 0. The molecule has 2 aromatic rings. The van der Waals surface area contributed by atoms with Crippen molar-refractivity contribution in [3.8, 4) is 5.75 Å². The van der Waals surface area contributed by atoms with Crippen LogP contribution in [0.3, 0.4) is 0 Å². The van der Waals surface area contributed by atoms with E-state index in [0.29, 0.717) is 39.1 Å². The van der Waals surface area contributed by atoms with Crippen LogP contribution in [0.15, 0.2) is 66.7 Å². The fraction of sp³-hybridized carbons (Fsp3) is 0.529. The van der Waals surface area contributed by atoms with Crippen molar-refractivity contribution in [2.75, 3.05) is 38.6 Å². The number of aliphatic hydroxyl groups is 2. The van der Waals surface area contributed by atoms with Crippen molar-refractivity contribution < 1.29 is 29.3 Å². The Morgan fingerprint density at radius 3 is 2.21 bits per heavy atom. The highest BCUT2D eigenvalue weighted by atomic mass is 16.6. The highest BCUT2D eigenvalue weighted by Crippen LogP contribution is 2.20. The average molecular weight is 600 g/mol. The Hall–Kier alpha value is -3.56. The van der Waals surface area contributed by atoms with Crippen LogP contribution in [0.1, 0.15) is 76.7 Å². The quantitative estimate of drug-likeness (QED) is 0.147. The van der Waals surface area contributed by atoms with E-state index in [1.54, 1.807) is 11.8 Å². The molecular formula is C34H53N3O6. The number of allylic oxidation sites excluding steroid dienone is 2. The SMILES string of the molecule is CCO.Nc1ccccc1.O=CNCCCN1CCC/C=C\CCCCOc2ccccc2COC1=O.OC1CCCC1. The third-order valence-corrected chi connectivity index (χ3v) is 6.53. The molecule has 1 saturated carbocycles. The molecule has 2 amide bonds. The van der Waals surface area contributed by atoms with Crippen LogP contribution >= 0.6 is 0 Å². The van der Waals surface area contributed by atoms with Crippen LogP contribution < -0.4 is 15.8 Å². The molecule has 0 spiro atoms. The highest BCUT2D eigenvalue weighted by molar-refractivity contribution is 5.67. The second kappa shape index (κ2) is 26.1. The molecule has 2 aromatic carbocycles. The van der Waals surface area contributed by atoms with Crippen molar-refractivity contribution in [2.45, 2.75) is 83.8 Å². The summed E-state index contributed by atoms with van der Waals surface area (Å²) in [4.78, 5) is 24.6. The number of nitrogen functional groups attached to an aromatic ring is 1. The summed E-state index contributed by atoms with van der Waals surface area (Å²) in [6.45, 7) is 4.53. The number of para-hydroxylation sites is 2. The van der Waals surface area contributed by atoms with Gasteiger partial charge in [-0.3, -0.25) is 4.79 Å². The van der Waals surface area contributed by atoms with Crippen molar-refractivity contribution in [1.29, 1.82) is 0 Å².